The summed E-state index contributed by atoms with van der Waals surface area (Å²) in [6.07, 6.45) is 1.94. The molecular weight excluding hydrogens is 842 g/mol. The van der Waals surface area contributed by atoms with Crippen molar-refractivity contribution < 1.29 is 21.1 Å². The largest absolute Gasteiger partial charge is 0.391 e. The first kappa shape index (κ1) is 36.4. The summed E-state index contributed by atoms with van der Waals surface area (Å²) < 4.78 is 3.69. The third kappa shape index (κ3) is 5.42. The van der Waals surface area contributed by atoms with E-state index in [0.717, 1.165) is 44.8 Å². The van der Waals surface area contributed by atoms with E-state index in [2.05, 4.69) is 194 Å². The Balaban J connectivity index is 0.00000413. The van der Waals surface area contributed by atoms with Crippen molar-refractivity contribution in [3.8, 4) is 5.82 Å². The molecule has 5 nitrogen and oxygen atoms in total. The summed E-state index contributed by atoms with van der Waals surface area (Å²) in [4.78, 5) is 7.17. The fourth-order valence-corrected chi connectivity index (χ4v) is 8.44. The van der Waals surface area contributed by atoms with E-state index in [4.69, 9.17) is 4.98 Å². The average molecular weight is 890 g/mol. The first-order valence-corrected chi connectivity index (χ1v) is 18.7. The summed E-state index contributed by atoms with van der Waals surface area (Å²) in [7, 11) is 2.15. The minimum absolute atomic E-state index is 0. The van der Waals surface area contributed by atoms with Crippen molar-refractivity contribution in [2.75, 3.05) is 18.6 Å². The molecule has 0 unspecified atom stereocenters. The number of aryl methyl sites for hydroxylation is 2. The number of nitrogens with zero attached hydrogens (tertiary/aromatic N) is 5. The molecule has 7 aromatic rings. The first-order valence-electron chi connectivity index (χ1n) is 18.7. The fourth-order valence-electron chi connectivity index (χ4n) is 8.44. The Bertz CT molecular complexity index is 2580. The van der Waals surface area contributed by atoms with Crippen molar-refractivity contribution >= 4 is 55.9 Å². The predicted octanol–water partition coefficient (Wildman–Crippen LogP) is 12.1. The van der Waals surface area contributed by atoms with Gasteiger partial charge in [0.25, 0.3) is 0 Å². The summed E-state index contributed by atoms with van der Waals surface area (Å²) in [5.41, 5.74) is 14.5. The smallest absolute Gasteiger partial charge is 0.184 e. The Morgan fingerprint density at radius 1 is 0.685 bits per heavy atom. The zero-order valence-electron chi connectivity index (χ0n) is 32.7. The molecule has 5 heterocycles. The van der Waals surface area contributed by atoms with Gasteiger partial charge in [0.1, 0.15) is 11.5 Å². The molecule has 0 radical (unpaired) electrons. The summed E-state index contributed by atoms with van der Waals surface area (Å²) in [6.45, 7) is 21.5. The van der Waals surface area contributed by atoms with Gasteiger partial charge in [0.15, 0.2) is 18.0 Å². The summed E-state index contributed by atoms with van der Waals surface area (Å²) in [6, 6.07) is 45.8. The molecule has 0 amide bonds. The zero-order valence-corrected chi connectivity index (χ0v) is 35.0. The summed E-state index contributed by atoms with van der Waals surface area (Å²) in [5, 5.41) is 2.36. The first-order chi connectivity index (χ1) is 25.2. The number of rotatable bonds is 5. The Kier molecular flexibility index (Phi) is 8.43. The van der Waals surface area contributed by atoms with Crippen LogP contribution in [-0.4, -0.2) is 23.3 Å². The number of quaternary nitrogens is 2. The topological polar surface area (TPSA) is 21.1 Å². The number of pyridine rings is 1. The van der Waals surface area contributed by atoms with E-state index in [1.807, 2.05) is 6.20 Å². The van der Waals surface area contributed by atoms with Crippen LogP contribution in [0.3, 0.4) is 0 Å². The summed E-state index contributed by atoms with van der Waals surface area (Å²) in [5.74, 6) is 0.908. The van der Waals surface area contributed by atoms with E-state index >= 15 is 0 Å². The van der Waals surface area contributed by atoms with Gasteiger partial charge in [0, 0.05) is 57.6 Å². The Labute approximate surface area is 334 Å². The van der Waals surface area contributed by atoms with Crippen molar-refractivity contribution in [1.82, 2.24) is 18.5 Å². The maximum absolute atomic E-state index is 4.91. The SMILES string of the molecule is Cc1cc2c(cc1C)[N@+]1(c3[c-]c(N(C)c4[c-]c5c(cc4)c4ccccc4n5-c4cc(C(C)(C)C)ccn4)cc(C(C)(C)C)c3)[CH-][N@@+]2(c2ccccc2)C1.[Pt]. The van der Waals surface area contributed by atoms with E-state index in [1.54, 1.807) is 0 Å². The van der Waals surface area contributed by atoms with E-state index in [-0.39, 0.29) is 31.9 Å². The van der Waals surface area contributed by atoms with Crippen LogP contribution < -0.4 is 13.9 Å². The summed E-state index contributed by atoms with van der Waals surface area (Å²) >= 11 is 0. The second-order valence-electron chi connectivity index (χ2n) is 17.3. The number of fused-ring (bicyclic) bond motifs is 3. The third-order valence-electron chi connectivity index (χ3n) is 11.8. The molecule has 3 aliphatic rings. The van der Waals surface area contributed by atoms with Gasteiger partial charge in [-0.2, -0.15) is 6.07 Å². The van der Waals surface area contributed by atoms with Gasteiger partial charge >= 0.3 is 0 Å². The normalized spacial score (nSPS) is 19.1. The molecule has 0 spiro atoms. The van der Waals surface area contributed by atoms with Crippen LogP contribution in [0.2, 0.25) is 0 Å². The molecule has 0 aliphatic carbocycles. The van der Waals surface area contributed by atoms with Crippen LogP contribution in [-0.2, 0) is 31.9 Å². The van der Waals surface area contributed by atoms with Gasteiger partial charge in [-0.15, -0.1) is 35.2 Å². The van der Waals surface area contributed by atoms with Crippen molar-refractivity contribution in [3.63, 3.8) is 0 Å². The number of para-hydroxylation sites is 2. The van der Waals surface area contributed by atoms with E-state index in [9.17, 15) is 0 Å². The number of benzene rings is 5. The van der Waals surface area contributed by atoms with Crippen LogP contribution in [0.15, 0.2) is 109 Å². The maximum atomic E-state index is 4.91. The van der Waals surface area contributed by atoms with Crippen molar-refractivity contribution in [3.05, 3.63) is 150 Å². The third-order valence-corrected chi connectivity index (χ3v) is 11.8. The van der Waals surface area contributed by atoms with Crippen molar-refractivity contribution in [2.24, 2.45) is 0 Å². The number of anilines is 2. The monoisotopic (exact) mass is 889 g/mol. The fraction of sp³-hybridized carbons (Fsp3) is 0.250. The Morgan fingerprint density at radius 2 is 1.33 bits per heavy atom. The molecule has 1 saturated heterocycles. The molecule has 5 aromatic carbocycles. The van der Waals surface area contributed by atoms with Gasteiger partial charge in [0.05, 0.1) is 6.67 Å². The van der Waals surface area contributed by atoms with Gasteiger partial charge in [-0.3, -0.25) is 4.48 Å². The standard InChI is InChI=1S/C48H48N5.Pt/c1-32-23-44-45(24-33(32)2)53(30-52(44,31-53)38-15-11-10-12-16-38)39-26-35(48(6,7)8)25-37(28-39)50(9)36-19-20-41-40-17-13-14-18-42(40)51(43(41)29-36)46-27-34(21-22-49-46)47(3,4)5;/h10-27,30H,31H2,1-9H3;/q-1;/t52-,53+;/m0./s1. The molecule has 10 rings (SSSR count). The molecule has 3 aliphatic heterocycles. The van der Waals surface area contributed by atoms with E-state index < -0.39 is 0 Å². The second kappa shape index (κ2) is 12.5. The van der Waals surface area contributed by atoms with Crippen molar-refractivity contribution in [2.45, 2.75) is 66.2 Å². The van der Waals surface area contributed by atoms with Crippen LogP contribution in [0.25, 0.3) is 27.6 Å². The van der Waals surface area contributed by atoms with Gasteiger partial charge in [-0.1, -0.05) is 101 Å². The van der Waals surface area contributed by atoms with E-state index in [0.29, 0.717) is 4.48 Å². The zero-order chi connectivity index (χ0) is 37.1. The molecule has 276 valence electrons. The molecular formula is C48H48N5Pt-. The van der Waals surface area contributed by atoms with Gasteiger partial charge in [0.2, 0.25) is 0 Å². The van der Waals surface area contributed by atoms with Crippen LogP contribution in [0, 0.1) is 32.6 Å². The molecule has 1 fully saturated rings. The van der Waals surface area contributed by atoms with Crippen LogP contribution in [0.1, 0.15) is 63.8 Å². The number of hydrogen-bond donors (Lipinski definition) is 0. The van der Waals surface area contributed by atoms with Crippen LogP contribution in [0.5, 0.6) is 0 Å². The molecule has 0 saturated carbocycles. The predicted molar refractivity (Wildman–Crippen MR) is 223 cm³/mol. The molecule has 54 heavy (non-hydrogen) atoms. The quantitative estimate of drug-likeness (QED) is 0.127. The molecule has 0 N–H and O–H groups in total. The van der Waals surface area contributed by atoms with Crippen molar-refractivity contribution in [1.29, 1.82) is 0 Å². The molecule has 2 atom stereocenters. The second-order valence-corrected chi connectivity index (χ2v) is 17.3. The maximum Gasteiger partial charge on any atom is 0.184 e. The average Bonchev–Trinajstić information content (AvgIpc) is 3.70. The number of hydrogen-bond acceptors (Lipinski definition) is 2. The van der Waals surface area contributed by atoms with Gasteiger partial charge < -0.3 is 14.0 Å². The molecule has 2 bridgehead atoms. The minimum atomic E-state index is -0.0659. The van der Waals surface area contributed by atoms with E-state index in [1.165, 1.54) is 50.4 Å². The number of aromatic nitrogens is 2. The van der Waals surface area contributed by atoms with Gasteiger partial charge in [-0.05, 0) is 77.1 Å². The Hall–Kier alpha value is -4.54. The van der Waals surface area contributed by atoms with Crippen LogP contribution >= 0.6 is 0 Å². The molecule has 2 aromatic heterocycles. The van der Waals surface area contributed by atoms with Gasteiger partial charge in [-0.25, -0.2) is 4.98 Å². The minimum Gasteiger partial charge on any atom is -0.391 e. The Morgan fingerprint density at radius 3 is 2.02 bits per heavy atom. The van der Waals surface area contributed by atoms with Crippen LogP contribution in [0.4, 0.5) is 34.1 Å². The molecule has 6 heteroatoms.